The van der Waals surface area contributed by atoms with Gasteiger partial charge < -0.3 is 4.90 Å². The highest BCUT2D eigenvalue weighted by atomic mass is 19.1. The summed E-state index contributed by atoms with van der Waals surface area (Å²) < 4.78 is 13.4. The van der Waals surface area contributed by atoms with Crippen molar-refractivity contribution in [2.75, 3.05) is 7.05 Å². The predicted octanol–water partition coefficient (Wildman–Crippen LogP) is 1.70. The summed E-state index contributed by atoms with van der Waals surface area (Å²) in [6.07, 6.45) is 2.35. The van der Waals surface area contributed by atoms with Crippen LogP contribution in [0.5, 0.6) is 0 Å². The van der Waals surface area contributed by atoms with Gasteiger partial charge in [-0.3, -0.25) is 9.59 Å². The Balaban J connectivity index is 2.57. The minimum absolute atomic E-state index is 0.0187. The molecular weight excluding hydrogens is 197 g/mol. The third-order valence-corrected chi connectivity index (χ3v) is 2.89. The Labute approximate surface area is 89.6 Å². The first-order valence-electron chi connectivity index (χ1n) is 5.30. The van der Waals surface area contributed by atoms with Crippen molar-refractivity contribution < 1.29 is 14.0 Å². The molecular formula is C11H18FNO2. The molecule has 0 bridgehead atoms. The molecule has 0 unspecified atom stereocenters. The lowest BCUT2D eigenvalue weighted by Gasteiger charge is -2.33. The highest BCUT2D eigenvalue weighted by molar-refractivity contribution is 5.85. The Morgan fingerprint density at radius 2 is 1.87 bits per heavy atom. The zero-order chi connectivity index (χ0) is 11.6. The van der Waals surface area contributed by atoms with Crippen LogP contribution in [0.25, 0.3) is 0 Å². The van der Waals surface area contributed by atoms with Crippen molar-refractivity contribution in [2.45, 2.75) is 51.2 Å². The van der Waals surface area contributed by atoms with Gasteiger partial charge in [0.05, 0.1) is 0 Å². The Bertz CT molecular complexity index is 260. The smallest absolute Gasteiger partial charge is 0.259 e. The molecule has 0 N–H and O–H groups in total. The van der Waals surface area contributed by atoms with Crippen molar-refractivity contribution in [3.05, 3.63) is 0 Å². The number of alkyl halides is 1. The van der Waals surface area contributed by atoms with Crippen molar-refractivity contribution in [1.82, 2.24) is 4.90 Å². The zero-order valence-electron chi connectivity index (χ0n) is 9.55. The standard InChI is InChI=1S/C11H18FNO2/c1-11(2,12)10(15)13(3)8-4-6-9(14)7-5-8/h8H,4-7H2,1-3H3. The van der Waals surface area contributed by atoms with Crippen LogP contribution in [0.1, 0.15) is 39.5 Å². The molecule has 0 atom stereocenters. The first-order valence-corrected chi connectivity index (χ1v) is 5.30. The second-order valence-corrected chi connectivity index (χ2v) is 4.66. The molecule has 0 saturated heterocycles. The Morgan fingerprint density at radius 1 is 1.40 bits per heavy atom. The largest absolute Gasteiger partial charge is 0.340 e. The van der Waals surface area contributed by atoms with E-state index in [0.717, 1.165) is 0 Å². The fourth-order valence-corrected chi connectivity index (χ4v) is 1.90. The number of ketones is 1. The third kappa shape index (κ3) is 3.01. The van der Waals surface area contributed by atoms with E-state index in [1.54, 1.807) is 7.05 Å². The second-order valence-electron chi connectivity index (χ2n) is 4.66. The van der Waals surface area contributed by atoms with E-state index in [0.29, 0.717) is 25.7 Å². The molecule has 0 aliphatic heterocycles. The summed E-state index contributed by atoms with van der Waals surface area (Å²) >= 11 is 0. The molecule has 1 aliphatic rings. The molecule has 0 radical (unpaired) electrons. The van der Waals surface area contributed by atoms with Gasteiger partial charge in [-0.25, -0.2) is 4.39 Å². The zero-order valence-corrected chi connectivity index (χ0v) is 9.55. The van der Waals surface area contributed by atoms with E-state index in [1.165, 1.54) is 18.7 Å². The van der Waals surface area contributed by atoms with E-state index in [2.05, 4.69) is 0 Å². The van der Waals surface area contributed by atoms with Gasteiger partial charge in [-0.1, -0.05) is 0 Å². The van der Waals surface area contributed by atoms with E-state index in [-0.39, 0.29) is 11.8 Å². The summed E-state index contributed by atoms with van der Waals surface area (Å²) in [5.41, 5.74) is -1.82. The summed E-state index contributed by atoms with van der Waals surface area (Å²) in [5, 5.41) is 0. The van der Waals surface area contributed by atoms with Gasteiger partial charge in [-0.2, -0.15) is 0 Å². The molecule has 1 rings (SSSR count). The molecule has 86 valence electrons. The van der Waals surface area contributed by atoms with Gasteiger partial charge in [-0.15, -0.1) is 0 Å². The molecule has 0 aromatic carbocycles. The number of hydrogen-bond donors (Lipinski definition) is 0. The van der Waals surface area contributed by atoms with E-state index in [4.69, 9.17) is 0 Å². The SMILES string of the molecule is CN(C(=O)C(C)(C)F)C1CCC(=O)CC1. The number of amides is 1. The molecule has 1 aliphatic carbocycles. The highest BCUT2D eigenvalue weighted by Crippen LogP contribution is 2.22. The monoisotopic (exact) mass is 215 g/mol. The number of carbonyl (C=O) groups is 2. The summed E-state index contributed by atoms with van der Waals surface area (Å²) in [5.74, 6) is -0.256. The second kappa shape index (κ2) is 4.29. The van der Waals surface area contributed by atoms with Crippen LogP contribution in [-0.4, -0.2) is 35.3 Å². The van der Waals surface area contributed by atoms with Gasteiger partial charge in [0, 0.05) is 25.9 Å². The number of halogens is 1. The molecule has 15 heavy (non-hydrogen) atoms. The van der Waals surface area contributed by atoms with E-state index in [9.17, 15) is 14.0 Å². The molecule has 1 saturated carbocycles. The van der Waals surface area contributed by atoms with Gasteiger partial charge in [0.15, 0.2) is 5.67 Å². The fourth-order valence-electron chi connectivity index (χ4n) is 1.90. The maximum atomic E-state index is 13.4. The van der Waals surface area contributed by atoms with Gasteiger partial charge in [0.2, 0.25) is 0 Å². The van der Waals surface area contributed by atoms with Crippen molar-refractivity contribution in [1.29, 1.82) is 0 Å². The number of hydrogen-bond acceptors (Lipinski definition) is 2. The van der Waals surface area contributed by atoms with Gasteiger partial charge in [0.1, 0.15) is 5.78 Å². The van der Waals surface area contributed by atoms with Crippen molar-refractivity contribution in [3.63, 3.8) is 0 Å². The maximum absolute atomic E-state index is 13.4. The van der Waals surface area contributed by atoms with Gasteiger partial charge in [-0.05, 0) is 26.7 Å². The van der Waals surface area contributed by atoms with Crippen LogP contribution in [0.15, 0.2) is 0 Å². The van der Waals surface area contributed by atoms with E-state index < -0.39 is 11.6 Å². The molecule has 0 spiro atoms. The number of Topliss-reactive ketones (excluding diaryl/α,β-unsaturated/α-hetero) is 1. The number of carbonyl (C=O) groups excluding carboxylic acids is 2. The van der Waals surface area contributed by atoms with Crippen molar-refractivity contribution in [3.8, 4) is 0 Å². The Kier molecular flexibility index (Phi) is 3.47. The molecule has 1 fully saturated rings. The minimum Gasteiger partial charge on any atom is -0.340 e. The van der Waals surface area contributed by atoms with E-state index >= 15 is 0 Å². The first kappa shape index (κ1) is 12.1. The molecule has 0 aromatic rings. The fraction of sp³-hybridized carbons (Fsp3) is 0.818. The molecule has 3 nitrogen and oxygen atoms in total. The van der Waals surface area contributed by atoms with Gasteiger partial charge >= 0.3 is 0 Å². The first-order chi connectivity index (χ1) is 6.82. The van der Waals surface area contributed by atoms with Crippen molar-refractivity contribution in [2.24, 2.45) is 0 Å². The van der Waals surface area contributed by atoms with Crippen LogP contribution < -0.4 is 0 Å². The number of nitrogens with zero attached hydrogens (tertiary/aromatic N) is 1. The third-order valence-electron chi connectivity index (χ3n) is 2.89. The van der Waals surface area contributed by atoms with Crippen LogP contribution in [0.4, 0.5) is 4.39 Å². The average molecular weight is 215 g/mol. The van der Waals surface area contributed by atoms with E-state index in [1.807, 2.05) is 0 Å². The summed E-state index contributed by atoms with van der Waals surface area (Å²) in [7, 11) is 1.62. The lowest BCUT2D eigenvalue weighted by atomic mass is 9.92. The van der Waals surface area contributed by atoms with Crippen molar-refractivity contribution >= 4 is 11.7 Å². The van der Waals surface area contributed by atoms with Crippen LogP contribution in [0.3, 0.4) is 0 Å². The van der Waals surface area contributed by atoms with Crippen LogP contribution in [0.2, 0.25) is 0 Å². The normalized spacial score (nSPS) is 19.1. The summed E-state index contributed by atoms with van der Waals surface area (Å²) in [4.78, 5) is 24.1. The minimum atomic E-state index is -1.82. The van der Waals surface area contributed by atoms with Gasteiger partial charge in [0.25, 0.3) is 5.91 Å². The Morgan fingerprint density at radius 3 is 2.27 bits per heavy atom. The summed E-state index contributed by atoms with van der Waals surface area (Å²) in [6.45, 7) is 2.53. The Hall–Kier alpha value is -0.930. The predicted molar refractivity (Wildman–Crippen MR) is 55.2 cm³/mol. The van der Waals surface area contributed by atoms with Crippen LogP contribution in [-0.2, 0) is 9.59 Å². The van der Waals surface area contributed by atoms with Crippen LogP contribution in [0, 0.1) is 0 Å². The van der Waals surface area contributed by atoms with Crippen LogP contribution >= 0.6 is 0 Å². The molecule has 0 heterocycles. The lowest BCUT2D eigenvalue weighted by molar-refractivity contribution is -0.144. The summed E-state index contributed by atoms with van der Waals surface area (Å²) in [6, 6.07) is 0.0187. The maximum Gasteiger partial charge on any atom is 0.259 e. The average Bonchev–Trinajstić information content (AvgIpc) is 2.15. The lowest BCUT2D eigenvalue weighted by Crippen LogP contribution is -2.47. The molecule has 0 aromatic heterocycles. The highest BCUT2D eigenvalue weighted by Gasteiger charge is 2.34. The molecule has 4 heteroatoms. The topological polar surface area (TPSA) is 37.4 Å². The number of rotatable bonds is 2. The molecule has 1 amide bonds. The quantitative estimate of drug-likeness (QED) is 0.703.